The van der Waals surface area contributed by atoms with E-state index in [2.05, 4.69) is 122 Å². The smallest absolute Gasteiger partial charge is 0.227 e. The number of rotatable bonds is 5. The van der Waals surface area contributed by atoms with Crippen LogP contribution >= 0.6 is 0 Å². The van der Waals surface area contributed by atoms with Crippen molar-refractivity contribution in [1.82, 2.24) is 24.5 Å². The van der Waals surface area contributed by atoms with E-state index in [1.54, 1.807) is 0 Å². The van der Waals surface area contributed by atoms with E-state index in [1.165, 1.54) is 22.3 Å². The Kier molecular flexibility index (Phi) is 7.01. The summed E-state index contributed by atoms with van der Waals surface area (Å²) >= 11 is 0. The third-order valence-electron chi connectivity index (χ3n) is 11.4. The highest BCUT2D eigenvalue weighted by Crippen LogP contribution is 2.52. The van der Waals surface area contributed by atoms with Gasteiger partial charge in [0.05, 0.1) is 11.0 Å². The topological polar surface area (TPSA) is 69.6 Å². The van der Waals surface area contributed by atoms with Crippen LogP contribution in [0.5, 0.6) is 0 Å². The number of aromatic nitrogens is 5. The molecule has 0 saturated carbocycles. The van der Waals surface area contributed by atoms with Crippen molar-refractivity contribution >= 4 is 32.9 Å². The third-order valence-corrected chi connectivity index (χ3v) is 11.4. The van der Waals surface area contributed by atoms with Gasteiger partial charge in [-0.05, 0) is 78.2 Å². The summed E-state index contributed by atoms with van der Waals surface area (Å²) in [5.74, 6) is 2.56. The lowest BCUT2D eigenvalue weighted by atomic mass is 9.82. The van der Waals surface area contributed by atoms with Crippen LogP contribution in [-0.4, -0.2) is 24.5 Å². The SMILES string of the molecule is Cc1ccc(-c2nc(-c3ccccc3)nc(-c3ccc4c(c3)c3ccccc3n4-c3ccc4c(c3)-c3c(ccc5nc(-c6ccccc6)oc35)C4(C)C)n2)cc1. The van der Waals surface area contributed by atoms with Crippen molar-refractivity contribution in [2.24, 2.45) is 0 Å². The summed E-state index contributed by atoms with van der Waals surface area (Å²) in [6.07, 6.45) is 0. The van der Waals surface area contributed by atoms with Crippen molar-refractivity contribution in [3.8, 4) is 62.4 Å². The lowest BCUT2D eigenvalue weighted by Crippen LogP contribution is -2.14. The minimum Gasteiger partial charge on any atom is -0.435 e. The largest absolute Gasteiger partial charge is 0.435 e. The zero-order valence-corrected chi connectivity index (χ0v) is 31.2. The summed E-state index contributed by atoms with van der Waals surface area (Å²) in [4.78, 5) is 20.0. The van der Waals surface area contributed by atoms with E-state index in [4.69, 9.17) is 24.4 Å². The van der Waals surface area contributed by atoms with E-state index in [0.29, 0.717) is 23.4 Å². The average Bonchev–Trinajstić information content (AvgIpc) is 3.90. The molecule has 10 aromatic rings. The first-order valence-corrected chi connectivity index (χ1v) is 19.0. The second-order valence-electron chi connectivity index (χ2n) is 15.2. The number of fused-ring (bicyclic) bond motifs is 8. The van der Waals surface area contributed by atoms with Crippen LogP contribution in [0.2, 0.25) is 0 Å². The highest BCUT2D eigenvalue weighted by Gasteiger charge is 2.38. The van der Waals surface area contributed by atoms with Gasteiger partial charge in [0.15, 0.2) is 23.1 Å². The first-order valence-electron chi connectivity index (χ1n) is 19.0. The fraction of sp³-hybridized carbons (Fsp3) is 0.0800. The first kappa shape index (κ1) is 32.3. The molecule has 1 aliphatic rings. The molecule has 0 amide bonds. The van der Waals surface area contributed by atoms with Gasteiger partial charge in [0.2, 0.25) is 5.89 Å². The van der Waals surface area contributed by atoms with Gasteiger partial charge in [-0.3, -0.25) is 0 Å². The van der Waals surface area contributed by atoms with Crippen molar-refractivity contribution in [1.29, 1.82) is 0 Å². The molecule has 6 heteroatoms. The van der Waals surface area contributed by atoms with Gasteiger partial charge in [-0.1, -0.05) is 123 Å². The fourth-order valence-electron chi connectivity index (χ4n) is 8.50. The van der Waals surface area contributed by atoms with E-state index in [1.807, 2.05) is 60.7 Å². The second-order valence-corrected chi connectivity index (χ2v) is 15.2. The number of hydrogen-bond acceptors (Lipinski definition) is 5. The minimum absolute atomic E-state index is 0.201. The molecular formula is C50H35N5O. The standard InChI is InChI=1S/C50H35N5O/c1-30-18-20-32(21-19-30)47-52-46(31-12-6-4-7-13-31)53-48(54-47)34-22-27-43-37(28-34)36-16-10-11-17-42(36)55(43)35-23-24-39-38(29-35)44-40(50(39,2)3)25-26-41-45(44)56-49(51-41)33-14-8-5-9-15-33/h4-29H,1-3H3. The third kappa shape index (κ3) is 4.96. The maximum Gasteiger partial charge on any atom is 0.227 e. The highest BCUT2D eigenvalue weighted by atomic mass is 16.3. The quantitative estimate of drug-likeness (QED) is 0.177. The van der Waals surface area contributed by atoms with Crippen LogP contribution in [0.4, 0.5) is 0 Å². The van der Waals surface area contributed by atoms with Gasteiger partial charge in [-0.15, -0.1) is 0 Å². The van der Waals surface area contributed by atoms with E-state index < -0.39 is 0 Å². The molecule has 266 valence electrons. The van der Waals surface area contributed by atoms with Gasteiger partial charge in [0.25, 0.3) is 0 Å². The van der Waals surface area contributed by atoms with Crippen LogP contribution < -0.4 is 0 Å². The molecule has 11 rings (SSSR count). The molecule has 7 aromatic carbocycles. The molecule has 0 atom stereocenters. The molecule has 0 aliphatic heterocycles. The fourth-order valence-corrected chi connectivity index (χ4v) is 8.50. The van der Waals surface area contributed by atoms with Gasteiger partial charge in [-0.2, -0.15) is 0 Å². The van der Waals surface area contributed by atoms with Gasteiger partial charge in [0.1, 0.15) is 5.52 Å². The number of aryl methyl sites for hydroxylation is 1. The Balaban J connectivity index is 1.08. The zero-order valence-electron chi connectivity index (χ0n) is 31.2. The van der Waals surface area contributed by atoms with Crippen molar-refractivity contribution < 1.29 is 4.42 Å². The molecule has 0 unspecified atom stereocenters. The number of para-hydroxylation sites is 1. The second kappa shape index (κ2) is 12.2. The Morgan fingerprint density at radius 3 is 1.86 bits per heavy atom. The van der Waals surface area contributed by atoms with Crippen LogP contribution in [0.25, 0.3) is 95.3 Å². The maximum atomic E-state index is 6.62. The molecule has 1 aliphatic carbocycles. The first-order chi connectivity index (χ1) is 27.4. The minimum atomic E-state index is -0.201. The molecule has 6 nitrogen and oxygen atoms in total. The van der Waals surface area contributed by atoms with Crippen LogP contribution in [-0.2, 0) is 5.41 Å². The molecule has 56 heavy (non-hydrogen) atoms. The molecule has 3 aromatic heterocycles. The van der Waals surface area contributed by atoms with Crippen LogP contribution in [0.1, 0.15) is 30.5 Å². The molecule has 0 saturated heterocycles. The van der Waals surface area contributed by atoms with E-state index in [-0.39, 0.29) is 5.41 Å². The lowest BCUT2D eigenvalue weighted by Gasteiger charge is -2.21. The van der Waals surface area contributed by atoms with E-state index in [0.717, 1.165) is 66.4 Å². The molecule has 3 heterocycles. The monoisotopic (exact) mass is 721 g/mol. The van der Waals surface area contributed by atoms with Crippen LogP contribution in [0, 0.1) is 6.92 Å². The van der Waals surface area contributed by atoms with Crippen molar-refractivity contribution in [2.75, 3.05) is 0 Å². The van der Waals surface area contributed by atoms with Crippen molar-refractivity contribution in [2.45, 2.75) is 26.2 Å². The van der Waals surface area contributed by atoms with Crippen molar-refractivity contribution in [3.05, 3.63) is 174 Å². The van der Waals surface area contributed by atoms with Crippen LogP contribution in [0.3, 0.4) is 0 Å². The maximum absolute atomic E-state index is 6.62. The highest BCUT2D eigenvalue weighted by molar-refractivity contribution is 6.10. The van der Waals surface area contributed by atoms with E-state index in [9.17, 15) is 0 Å². The molecule has 0 spiro atoms. The predicted molar refractivity (Wildman–Crippen MR) is 226 cm³/mol. The summed E-state index contributed by atoms with van der Waals surface area (Å²) < 4.78 is 8.99. The summed E-state index contributed by atoms with van der Waals surface area (Å²) in [5.41, 5.74) is 14.6. The molecular weight excluding hydrogens is 687 g/mol. The Morgan fingerprint density at radius 2 is 1.11 bits per heavy atom. The Morgan fingerprint density at radius 1 is 0.500 bits per heavy atom. The van der Waals surface area contributed by atoms with Gasteiger partial charge in [-0.25, -0.2) is 19.9 Å². The Hall–Kier alpha value is -7.18. The van der Waals surface area contributed by atoms with Crippen molar-refractivity contribution in [3.63, 3.8) is 0 Å². The number of oxazole rings is 1. The normalized spacial score (nSPS) is 13.1. The zero-order chi connectivity index (χ0) is 37.5. The lowest BCUT2D eigenvalue weighted by molar-refractivity contribution is 0.618. The average molecular weight is 722 g/mol. The number of nitrogens with zero attached hydrogens (tertiary/aromatic N) is 5. The predicted octanol–water partition coefficient (Wildman–Crippen LogP) is 12.4. The van der Waals surface area contributed by atoms with Gasteiger partial charge >= 0.3 is 0 Å². The summed E-state index contributed by atoms with van der Waals surface area (Å²) in [5, 5.41) is 2.29. The number of benzene rings is 7. The van der Waals surface area contributed by atoms with Gasteiger partial charge in [0, 0.05) is 49.7 Å². The summed E-state index contributed by atoms with van der Waals surface area (Å²) in [6, 6.07) is 55.0. The molecule has 0 N–H and O–H groups in total. The van der Waals surface area contributed by atoms with Gasteiger partial charge < -0.3 is 8.98 Å². The molecule has 0 bridgehead atoms. The summed E-state index contributed by atoms with van der Waals surface area (Å²) in [7, 11) is 0. The molecule has 0 radical (unpaired) electrons. The summed E-state index contributed by atoms with van der Waals surface area (Å²) in [6.45, 7) is 6.69. The Bertz CT molecular complexity index is 3160. The number of hydrogen-bond donors (Lipinski definition) is 0. The Labute approximate surface area is 323 Å². The molecule has 0 fully saturated rings. The van der Waals surface area contributed by atoms with Crippen LogP contribution in [0.15, 0.2) is 162 Å². The van der Waals surface area contributed by atoms with E-state index >= 15 is 0 Å².